The van der Waals surface area contributed by atoms with Gasteiger partial charge in [-0.15, -0.1) is 0 Å². The highest BCUT2D eigenvalue weighted by molar-refractivity contribution is 7.89. The van der Waals surface area contributed by atoms with Crippen LogP contribution in [0.4, 0.5) is 5.69 Å². The SMILES string of the molecule is COc1ccc(-c2ccc(N)cc2Cl)c(S(N)(=O)=O)c1. The fourth-order valence-corrected chi connectivity index (χ4v) is 2.89. The number of nitrogens with two attached hydrogens (primary N) is 2. The molecule has 0 fully saturated rings. The van der Waals surface area contributed by atoms with E-state index in [1.54, 1.807) is 30.3 Å². The van der Waals surface area contributed by atoms with Gasteiger partial charge in [0.15, 0.2) is 0 Å². The Labute approximate surface area is 122 Å². The van der Waals surface area contributed by atoms with Gasteiger partial charge in [-0.3, -0.25) is 0 Å². The molecule has 0 radical (unpaired) electrons. The van der Waals surface area contributed by atoms with Crippen molar-refractivity contribution in [3.05, 3.63) is 41.4 Å². The highest BCUT2D eigenvalue weighted by Gasteiger charge is 2.18. The van der Waals surface area contributed by atoms with Crippen molar-refractivity contribution in [3.63, 3.8) is 0 Å². The van der Waals surface area contributed by atoms with E-state index in [1.165, 1.54) is 13.2 Å². The van der Waals surface area contributed by atoms with Crippen molar-refractivity contribution < 1.29 is 13.2 Å². The van der Waals surface area contributed by atoms with Crippen LogP contribution in [-0.2, 0) is 10.0 Å². The summed E-state index contributed by atoms with van der Waals surface area (Å²) in [6.07, 6.45) is 0. The van der Waals surface area contributed by atoms with Crippen LogP contribution in [0.1, 0.15) is 0 Å². The largest absolute Gasteiger partial charge is 0.497 e. The molecule has 106 valence electrons. The van der Waals surface area contributed by atoms with Crippen molar-refractivity contribution in [2.75, 3.05) is 12.8 Å². The van der Waals surface area contributed by atoms with Gasteiger partial charge < -0.3 is 10.5 Å². The van der Waals surface area contributed by atoms with Crippen LogP contribution < -0.4 is 15.6 Å². The third-order valence-corrected chi connectivity index (χ3v) is 4.04. The molecule has 2 aromatic rings. The van der Waals surface area contributed by atoms with Crippen molar-refractivity contribution in [1.29, 1.82) is 0 Å². The maximum absolute atomic E-state index is 11.7. The minimum Gasteiger partial charge on any atom is -0.497 e. The lowest BCUT2D eigenvalue weighted by atomic mass is 10.0. The second-order valence-corrected chi connectivity index (χ2v) is 6.08. The average molecular weight is 313 g/mol. The van der Waals surface area contributed by atoms with E-state index in [4.69, 9.17) is 27.2 Å². The van der Waals surface area contributed by atoms with E-state index in [1.807, 2.05) is 0 Å². The molecule has 0 aliphatic rings. The molecule has 20 heavy (non-hydrogen) atoms. The van der Waals surface area contributed by atoms with Gasteiger partial charge in [0.2, 0.25) is 10.0 Å². The first kappa shape index (κ1) is 14.6. The summed E-state index contributed by atoms with van der Waals surface area (Å²) in [6, 6.07) is 9.42. The maximum atomic E-state index is 11.7. The Morgan fingerprint density at radius 3 is 2.30 bits per heavy atom. The van der Waals surface area contributed by atoms with E-state index in [0.29, 0.717) is 27.6 Å². The second-order valence-electron chi connectivity index (χ2n) is 4.15. The smallest absolute Gasteiger partial charge is 0.238 e. The molecule has 0 saturated heterocycles. The highest BCUT2D eigenvalue weighted by Crippen LogP contribution is 2.35. The Kier molecular flexibility index (Phi) is 3.89. The Hall–Kier alpha value is -1.76. The van der Waals surface area contributed by atoms with E-state index < -0.39 is 10.0 Å². The quantitative estimate of drug-likeness (QED) is 0.850. The molecule has 0 heterocycles. The number of rotatable bonds is 3. The van der Waals surface area contributed by atoms with Crippen LogP contribution in [0.3, 0.4) is 0 Å². The van der Waals surface area contributed by atoms with Crippen LogP contribution in [0, 0.1) is 0 Å². The predicted molar refractivity (Wildman–Crippen MR) is 79.2 cm³/mol. The molecule has 4 N–H and O–H groups in total. The summed E-state index contributed by atoms with van der Waals surface area (Å²) in [5.74, 6) is 0.393. The normalized spacial score (nSPS) is 11.3. The summed E-state index contributed by atoms with van der Waals surface area (Å²) in [5, 5.41) is 5.59. The van der Waals surface area contributed by atoms with Gasteiger partial charge in [-0.05, 0) is 24.3 Å². The molecule has 2 rings (SSSR count). The number of primary sulfonamides is 1. The molecule has 0 spiro atoms. The number of nitrogen functional groups attached to an aromatic ring is 1. The van der Waals surface area contributed by atoms with Gasteiger partial charge in [-0.25, -0.2) is 13.6 Å². The van der Waals surface area contributed by atoms with E-state index in [9.17, 15) is 8.42 Å². The summed E-state index contributed by atoms with van der Waals surface area (Å²) in [4.78, 5) is -0.0523. The zero-order chi connectivity index (χ0) is 14.9. The number of hydrogen-bond donors (Lipinski definition) is 2. The monoisotopic (exact) mass is 312 g/mol. The number of sulfonamides is 1. The lowest BCUT2D eigenvalue weighted by Gasteiger charge is -2.11. The molecular weight excluding hydrogens is 300 g/mol. The lowest BCUT2D eigenvalue weighted by molar-refractivity contribution is 0.413. The van der Waals surface area contributed by atoms with Gasteiger partial charge in [0.1, 0.15) is 5.75 Å². The van der Waals surface area contributed by atoms with Crippen LogP contribution in [-0.4, -0.2) is 15.5 Å². The fraction of sp³-hybridized carbons (Fsp3) is 0.0769. The van der Waals surface area contributed by atoms with Crippen LogP contribution in [0.5, 0.6) is 5.75 Å². The number of hydrogen-bond acceptors (Lipinski definition) is 4. The Morgan fingerprint density at radius 2 is 1.75 bits per heavy atom. The van der Waals surface area contributed by atoms with Gasteiger partial charge in [-0.2, -0.15) is 0 Å². The summed E-state index contributed by atoms with van der Waals surface area (Å²) in [7, 11) is -2.47. The first-order valence-corrected chi connectivity index (χ1v) is 7.51. The zero-order valence-electron chi connectivity index (χ0n) is 10.6. The Morgan fingerprint density at radius 1 is 1.10 bits per heavy atom. The van der Waals surface area contributed by atoms with Crippen molar-refractivity contribution in [2.45, 2.75) is 4.90 Å². The highest BCUT2D eigenvalue weighted by atomic mass is 35.5. The van der Waals surface area contributed by atoms with Crippen LogP contribution >= 0.6 is 11.6 Å². The third kappa shape index (κ3) is 2.87. The van der Waals surface area contributed by atoms with Gasteiger partial charge in [-0.1, -0.05) is 17.7 Å². The number of anilines is 1. The number of methoxy groups -OCH3 is 1. The van der Waals surface area contributed by atoms with Gasteiger partial charge in [0.25, 0.3) is 0 Å². The molecule has 0 bridgehead atoms. The van der Waals surface area contributed by atoms with E-state index >= 15 is 0 Å². The molecule has 7 heteroatoms. The van der Waals surface area contributed by atoms with Crippen LogP contribution in [0.15, 0.2) is 41.3 Å². The van der Waals surface area contributed by atoms with E-state index in [-0.39, 0.29) is 4.90 Å². The molecule has 0 amide bonds. The third-order valence-electron chi connectivity index (χ3n) is 2.78. The van der Waals surface area contributed by atoms with Gasteiger partial charge >= 0.3 is 0 Å². The van der Waals surface area contributed by atoms with E-state index in [2.05, 4.69) is 0 Å². The molecule has 0 saturated carbocycles. The van der Waals surface area contributed by atoms with Gasteiger partial charge in [0.05, 0.1) is 17.0 Å². The fourth-order valence-electron chi connectivity index (χ4n) is 1.84. The van der Waals surface area contributed by atoms with Crippen molar-refractivity contribution >= 4 is 27.3 Å². The number of halogens is 1. The second kappa shape index (κ2) is 5.32. The first-order valence-electron chi connectivity index (χ1n) is 5.59. The topological polar surface area (TPSA) is 95.4 Å². The molecule has 5 nitrogen and oxygen atoms in total. The standard InChI is InChI=1S/C13H13ClN2O3S/c1-19-9-3-5-11(13(7-9)20(16,17)18)10-4-2-8(15)6-12(10)14/h2-7H,15H2,1H3,(H2,16,17,18). The summed E-state index contributed by atoms with van der Waals surface area (Å²) < 4.78 is 28.5. The van der Waals surface area contributed by atoms with Crippen molar-refractivity contribution in [1.82, 2.24) is 0 Å². The Balaban J connectivity index is 2.74. The number of ether oxygens (including phenoxy) is 1. The molecule has 0 aliphatic carbocycles. The maximum Gasteiger partial charge on any atom is 0.238 e. The minimum atomic E-state index is -3.91. The lowest BCUT2D eigenvalue weighted by Crippen LogP contribution is -2.13. The molecule has 0 atom stereocenters. The summed E-state index contributed by atoms with van der Waals surface area (Å²) in [6.45, 7) is 0. The average Bonchev–Trinajstić information content (AvgIpc) is 2.37. The van der Waals surface area contributed by atoms with Crippen molar-refractivity contribution in [2.24, 2.45) is 5.14 Å². The first-order chi connectivity index (χ1) is 9.32. The molecule has 0 aliphatic heterocycles. The van der Waals surface area contributed by atoms with Crippen LogP contribution in [0.25, 0.3) is 11.1 Å². The molecule has 2 aromatic carbocycles. The van der Waals surface area contributed by atoms with E-state index in [0.717, 1.165) is 0 Å². The summed E-state index contributed by atoms with van der Waals surface area (Å²) >= 11 is 6.11. The number of benzene rings is 2. The minimum absolute atomic E-state index is 0.0523. The molecule has 0 unspecified atom stereocenters. The van der Waals surface area contributed by atoms with Crippen LogP contribution in [0.2, 0.25) is 5.02 Å². The summed E-state index contributed by atoms with van der Waals surface area (Å²) in [5.41, 5.74) is 7.05. The molecular formula is C13H13ClN2O3S. The predicted octanol–water partition coefficient (Wildman–Crippen LogP) is 2.25. The molecule has 0 aromatic heterocycles. The Bertz CT molecular complexity index is 760. The van der Waals surface area contributed by atoms with Gasteiger partial charge in [0, 0.05) is 22.9 Å². The van der Waals surface area contributed by atoms with Crippen molar-refractivity contribution in [3.8, 4) is 16.9 Å². The zero-order valence-corrected chi connectivity index (χ0v) is 12.2.